The quantitative estimate of drug-likeness (QED) is 0.710. The van der Waals surface area contributed by atoms with Crippen molar-refractivity contribution >= 4 is 17.3 Å². The third-order valence-electron chi connectivity index (χ3n) is 5.12. The molecule has 150 valence electrons. The molecule has 3 rings (SSSR count). The van der Waals surface area contributed by atoms with Gasteiger partial charge in [-0.25, -0.2) is 0 Å². The van der Waals surface area contributed by atoms with E-state index in [4.69, 9.17) is 4.74 Å². The molecule has 0 bridgehead atoms. The Hall–Kier alpha value is -2.76. The number of amides is 1. The number of hydrogen-bond acceptors (Lipinski definition) is 5. The highest BCUT2D eigenvalue weighted by atomic mass is 16.5. The molecule has 0 saturated carbocycles. The minimum atomic E-state index is -0.0434. The van der Waals surface area contributed by atoms with Crippen LogP contribution in [0.3, 0.4) is 0 Å². The fourth-order valence-corrected chi connectivity index (χ4v) is 3.50. The predicted molar refractivity (Wildman–Crippen MR) is 114 cm³/mol. The molecule has 2 heterocycles. The molecular formula is C22H30N4O2. The van der Waals surface area contributed by atoms with Crippen LogP contribution < -0.4 is 19.9 Å². The van der Waals surface area contributed by atoms with E-state index in [0.29, 0.717) is 12.1 Å². The van der Waals surface area contributed by atoms with E-state index in [2.05, 4.69) is 33.1 Å². The second-order valence-electron chi connectivity index (χ2n) is 7.04. The Labute approximate surface area is 167 Å². The van der Waals surface area contributed by atoms with Crippen molar-refractivity contribution in [3.05, 3.63) is 48.3 Å². The van der Waals surface area contributed by atoms with E-state index in [1.54, 1.807) is 13.3 Å². The summed E-state index contributed by atoms with van der Waals surface area (Å²) in [6, 6.07) is 10.1. The molecule has 1 aromatic carbocycles. The fraction of sp³-hybridized carbons (Fsp3) is 0.455. The number of carbonyl (C=O) groups excluding carboxylic acids is 1. The summed E-state index contributed by atoms with van der Waals surface area (Å²) < 4.78 is 5.49. The lowest BCUT2D eigenvalue weighted by Gasteiger charge is -2.37. The highest BCUT2D eigenvalue weighted by molar-refractivity contribution is 5.94. The number of benzene rings is 1. The Bertz CT molecular complexity index is 773. The first-order valence-electron chi connectivity index (χ1n) is 10.1. The van der Waals surface area contributed by atoms with Crippen LogP contribution >= 0.6 is 0 Å². The van der Waals surface area contributed by atoms with E-state index >= 15 is 0 Å². The van der Waals surface area contributed by atoms with Gasteiger partial charge in [0.05, 0.1) is 30.2 Å². The van der Waals surface area contributed by atoms with Crippen LogP contribution in [-0.2, 0) is 0 Å². The molecule has 1 aliphatic heterocycles. The summed E-state index contributed by atoms with van der Waals surface area (Å²) in [6.07, 6.45) is 6.78. The van der Waals surface area contributed by atoms with Gasteiger partial charge in [-0.05, 0) is 24.6 Å². The van der Waals surface area contributed by atoms with Crippen molar-refractivity contribution in [1.29, 1.82) is 0 Å². The topological polar surface area (TPSA) is 57.7 Å². The minimum Gasteiger partial charge on any atom is -0.495 e. The van der Waals surface area contributed by atoms with Gasteiger partial charge in [0.25, 0.3) is 5.91 Å². The zero-order chi connectivity index (χ0) is 19.8. The van der Waals surface area contributed by atoms with Crippen LogP contribution in [0.4, 0.5) is 11.4 Å². The minimum absolute atomic E-state index is 0.0434. The molecule has 0 atom stereocenters. The van der Waals surface area contributed by atoms with Gasteiger partial charge in [-0.15, -0.1) is 0 Å². The number of rotatable bonds is 8. The number of nitrogens with zero attached hydrogens (tertiary/aromatic N) is 3. The highest BCUT2D eigenvalue weighted by Gasteiger charge is 2.20. The molecular weight excluding hydrogens is 352 g/mol. The number of piperazine rings is 1. The summed E-state index contributed by atoms with van der Waals surface area (Å²) in [5, 5.41) is 2.99. The largest absolute Gasteiger partial charge is 0.495 e. The lowest BCUT2D eigenvalue weighted by Crippen LogP contribution is -2.46. The Morgan fingerprint density at radius 2 is 1.86 bits per heavy atom. The van der Waals surface area contributed by atoms with Crippen molar-refractivity contribution in [2.45, 2.75) is 26.2 Å². The summed E-state index contributed by atoms with van der Waals surface area (Å²) in [6.45, 7) is 6.42. The summed E-state index contributed by atoms with van der Waals surface area (Å²) in [5.74, 6) is 0.859. The Morgan fingerprint density at radius 3 is 2.61 bits per heavy atom. The fourth-order valence-electron chi connectivity index (χ4n) is 3.50. The summed E-state index contributed by atoms with van der Waals surface area (Å²) in [7, 11) is 1.71. The summed E-state index contributed by atoms with van der Waals surface area (Å²) in [4.78, 5) is 21.3. The summed E-state index contributed by atoms with van der Waals surface area (Å²) >= 11 is 0. The number of unbranched alkanes of at least 4 members (excludes halogenated alkanes) is 2. The standard InChI is InChI=1S/C22H30N4O2/c1-3-4-7-10-24-22(27)18-15-19(17-23-16-18)25-11-13-26(14-12-25)20-8-5-6-9-21(20)28-2/h5-6,8-9,15-17H,3-4,7,10-14H2,1-2H3,(H,24,27). The first-order chi connectivity index (χ1) is 13.7. The number of aromatic nitrogens is 1. The number of anilines is 2. The molecule has 2 aromatic rings. The lowest BCUT2D eigenvalue weighted by molar-refractivity contribution is 0.0952. The molecule has 0 aliphatic carbocycles. The molecule has 1 aromatic heterocycles. The molecule has 28 heavy (non-hydrogen) atoms. The number of methoxy groups -OCH3 is 1. The van der Waals surface area contributed by atoms with Crippen LogP contribution in [0, 0.1) is 0 Å². The second kappa shape index (κ2) is 9.97. The van der Waals surface area contributed by atoms with E-state index < -0.39 is 0 Å². The van der Waals surface area contributed by atoms with E-state index in [1.807, 2.05) is 30.5 Å². The smallest absolute Gasteiger partial charge is 0.252 e. The van der Waals surface area contributed by atoms with Gasteiger partial charge in [-0.3, -0.25) is 9.78 Å². The van der Waals surface area contributed by atoms with Crippen molar-refractivity contribution in [2.24, 2.45) is 0 Å². The van der Waals surface area contributed by atoms with Crippen LogP contribution in [0.15, 0.2) is 42.7 Å². The van der Waals surface area contributed by atoms with Gasteiger partial charge in [0.2, 0.25) is 0 Å². The maximum Gasteiger partial charge on any atom is 0.252 e. The second-order valence-corrected chi connectivity index (χ2v) is 7.04. The van der Waals surface area contributed by atoms with E-state index in [1.165, 1.54) is 0 Å². The lowest BCUT2D eigenvalue weighted by atomic mass is 10.2. The zero-order valence-electron chi connectivity index (χ0n) is 16.9. The molecule has 6 heteroatoms. The van der Waals surface area contributed by atoms with Crippen molar-refractivity contribution in [3.63, 3.8) is 0 Å². The SMILES string of the molecule is CCCCCNC(=O)c1cncc(N2CCN(c3ccccc3OC)CC2)c1. The molecule has 1 fully saturated rings. The molecule has 0 spiro atoms. The molecule has 1 amide bonds. The Kier molecular flexibility index (Phi) is 7.12. The van der Waals surface area contributed by atoms with Crippen LogP contribution in [0.25, 0.3) is 0 Å². The molecule has 1 aliphatic rings. The first kappa shape index (κ1) is 20.0. The number of carbonyl (C=O) groups is 1. The molecule has 0 unspecified atom stereocenters. The maximum absolute atomic E-state index is 12.4. The van der Waals surface area contributed by atoms with Crippen molar-refractivity contribution in [1.82, 2.24) is 10.3 Å². The van der Waals surface area contributed by atoms with Crippen LogP contribution in [0.2, 0.25) is 0 Å². The maximum atomic E-state index is 12.4. The highest BCUT2D eigenvalue weighted by Crippen LogP contribution is 2.29. The van der Waals surface area contributed by atoms with E-state index in [9.17, 15) is 4.79 Å². The predicted octanol–water partition coefficient (Wildman–Crippen LogP) is 3.34. The van der Waals surface area contributed by atoms with Crippen LogP contribution in [0.1, 0.15) is 36.5 Å². The number of nitrogens with one attached hydrogen (secondary N) is 1. The average Bonchev–Trinajstić information content (AvgIpc) is 2.77. The van der Waals surface area contributed by atoms with Gasteiger partial charge in [-0.2, -0.15) is 0 Å². The van der Waals surface area contributed by atoms with Gasteiger partial charge in [0, 0.05) is 38.9 Å². The normalized spacial score (nSPS) is 14.1. The van der Waals surface area contributed by atoms with Crippen molar-refractivity contribution < 1.29 is 9.53 Å². The average molecular weight is 383 g/mol. The van der Waals surface area contributed by atoms with Crippen molar-refractivity contribution in [3.8, 4) is 5.75 Å². The van der Waals surface area contributed by atoms with Gasteiger partial charge in [-0.1, -0.05) is 31.9 Å². The van der Waals surface area contributed by atoms with Crippen molar-refractivity contribution in [2.75, 3.05) is 49.6 Å². The third kappa shape index (κ3) is 4.94. The number of hydrogen-bond donors (Lipinski definition) is 1. The van der Waals surface area contributed by atoms with Crippen LogP contribution in [0.5, 0.6) is 5.75 Å². The van der Waals surface area contributed by atoms with Gasteiger partial charge in [0.1, 0.15) is 5.75 Å². The summed E-state index contributed by atoms with van der Waals surface area (Å²) in [5.41, 5.74) is 2.75. The Morgan fingerprint density at radius 1 is 1.11 bits per heavy atom. The Balaban J connectivity index is 1.59. The van der Waals surface area contributed by atoms with Gasteiger partial charge < -0.3 is 19.9 Å². The molecule has 6 nitrogen and oxygen atoms in total. The number of ether oxygens (including phenoxy) is 1. The molecule has 0 radical (unpaired) electrons. The van der Waals surface area contributed by atoms with E-state index in [-0.39, 0.29) is 5.91 Å². The molecule has 1 saturated heterocycles. The van der Waals surface area contributed by atoms with E-state index in [0.717, 1.165) is 62.6 Å². The number of pyridine rings is 1. The van der Waals surface area contributed by atoms with Crippen LogP contribution in [-0.4, -0.2) is 50.7 Å². The monoisotopic (exact) mass is 382 g/mol. The zero-order valence-corrected chi connectivity index (χ0v) is 16.9. The third-order valence-corrected chi connectivity index (χ3v) is 5.12. The van der Waals surface area contributed by atoms with Gasteiger partial charge >= 0.3 is 0 Å². The first-order valence-corrected chi connectivity index (χ1v) is 10.1. The molecule has 1 N–H and O–H groups in total. The number of para-hydroxylation sites is 2. The van der Waals surface area contributed by atoms with Gasteiger partial charge in [0.15, 0.2) is 0 Å².